The van der Waals surface area contributed by atoms with E-state index in [2.05, 4.69) is 10.2 Å². The van der Waals surface area contributed by atoms with Gasteiger partial charge in [0, 0.05) is 11.1 Å². The second-order valence-electron chi connectivity index (χ2n) is 3.94. The minimum Gasteiger partial charge on any atom is -0.298 e. The van der Waals surface area contributed by atoms with Crippen LogP contribution in [0.3, 0.4) is 0 Å². The third kappa shape index (κ3) is 2.25. The Morgan fingerprint density at radius 2 is 2.18 bits per heavy atom. The Balaban J connectivity index is 2.65. The van der Waals surface area contributed by atoms with Crippen LogP contribution in [0, 0.1) is 10.6 Å². The summed E-state index contributed by atoms with van der Waals surface area (Å²) in [7, 11) is 0. The molecule has 6 heteroatoms. The molecule has 17 heavy (non-hydrogen) atoms. The number of nitrogens with one attached hydrogen (secondary N) is 1. The molecule has 1 N–H and O–H groups in total. The molecule has 0 saturated heterocycles. The van der Waals surface area contributed by atoms with Crippen molar-refractivity contribution in [3.63, 3.8) is 0 Å². The van der Waals surface area contributed by atoms with Crippen LogP contribution >= 0.6 is 23.8 Å². The predicted molar refractivity (Wildman–Crippen MR) is 68.2 cm³/mol. The molecule has 0 fully saturated rings. The maximum Gasteiger partial charge on any atom is 0.195 e. The molecule has 0 aliphatic carbocycles. The topological polar surface area (TPSA) is 33.6 Å². The van der Waals surface area contributed by atoms with Gasteiger partial charge in [0.1, 0.15) is 5.82 Å². The molecule has 0 bridgehead atoms. The molecule has 0 saturated carbocycles. The first-order valence-corrected chi connectivity index (χ1v) is 5.91. The number of nitrogens with zero attached hydrogens (tertiary/aromatic N) is 2. The SMILES string of the molecule is CC(C)n1c(-c2ccc(Cl)cc2F)n[nH]c1=S. The number of H-pyrrole nitrogens is 1. The Kier molecular flexibility index (Phi) is 3.31. The molecule has 1 heterocycles. The summed E-state index contributed by atoms with van der Waals surface area (Å²) >= 11 is 10.8. The van der Waals surface area contributed by atoms with Crippen molar-refractivity contribution in [2.45, 2.75) is 19.9 Å². The van der Waals surface area contributed by atoms with Crippen LogP contribution in [0.4, 0.5) is 4.39 Å². The molecule has 0 radical (unpaired) electrons. The first kappa shape index (κ1) is 12.3. The zero-order valence-electron chi connectivity index (χ0n) is 9.37. The molecule has 0 aliphatic rings. The van der Waals surface area contributed by atoms with Crippen molar-refractivity contribution in [1.29, 1.82) is 0 Å². The van der Waals surface area contributed by atoms with Crippen molar-refractivity contribution in [3.8, 4) is 11.4 Å². The highest BCUT2D eigenvalue weighted by atomic mass is 35.5. The first-order chi connectivity index (χ1) is 8.00. The standard InChI is InChI=1S/C11H11ClFN3S/c1-6(2)16-10(14-15-11(16)17)8-4-3-7(12)5-9(8)13/h3-6H,1-2H3,(H,15,17). The van der Waals surface area contributed by atoms with Crippen LogP contribution in [0.25, 0.3) is 11.4 Å². The number of benzene rings is 1. The largest absolute Gasteiger partial charge is 0.298 e. The van der Waals surface area contributed by atoms with E-state index in [4.69, 9.17) is 23.8 Å². The summed E-state index contributed by atoms with van der Waals surface area (Å²) in [6.45, 7) is 3.92. The number of aromatic nitrogens is 3. The Morgan fingerprint density at radius 3 is 2.76 bits per heavy atom. The molecule has 1 aromatic heterocycles. The highest BCUT2D eigenvalue weighted by Gasteiger charge is 2.15. The lowest BCUT2D eigenvalue weighted by Gasteiger charge is -2.10. The molecule has 0 spiro atoms. The summed E-state index contributed by atoms with van der Waals surface area (Å²) in [5, 5.41) is 7.09. The zero-order chi connectivity index (χ0) is 12.6. The van der Waals surface area contributed by atoms with Gasteiger partial charge in [0.05, 0.1) is 5.56 Å². The molecule has 2 aromatic rings. The number of rotatable bonds is 2. The second kappa shape index (κ2) is 4.58. The lowest BCUT2D eigenvalue weighted by atomic mass is 10.2. The molecule has 0 amide bonds. The minimum atomic E-state index is -0.409. The monoisotopic (exact) mass is 271 g/mol. The van der Waals surface area contributed by atoms with E-state index in [-0.39, 0.29) is 6.04 Å². The van der Waals surface area contributed by atoms with E-state index in [1.807, 2.05) is 13.8 Å². The fraction of sp³-hybridized carbons (Fsp3) is 0.273. The molecule has 3 nitrogen and oxygen atoms in total. The van der Waals surface area contributed by atoms with E-state index in [1.54, 1.807) is 16.7 Å². The van der Waals surface area contributed by atoms with Crippen molar-refractivity contribution >= 4 is 23.8 Å². The third-order valence-electron chi connectivity index (χ3n) is 2.39. The summed E-state index contributed by atoms with van der Waals surface area (Å²) in [4.78, 5) is 0. The van der Waals surface area contributed by atoms with Gasteiger partial charge in [0.25, 0.3) is 0 Å². The Labute approximate surface area is 108 Å². The van der Waals surface area contributed by atoms with E-state index in [0.717, 1.165) is 0 Å². The molecule has 2 rings (SSSR count). The van der Waals surface area contributed by atoms with Gasteiger partial charge in [-0.2, -0.15) is 5.10 Å². The predicted octanol–water partition coefficient (Wildman–Crippen LogP) is 3.98. The lowest BCUT2D eigenvalue weighted by Crippen LogP contribution is -2.04. The van der Waals surface area contributed by atoms with Crippen LogP contribution in [0.2, 0.25) is 5.02 Å². The fourth-order valence-electron chi connectivity index (χ4n) is 1.64. The van der Waals surface area contributed by atoms with Crippen LogP contribution < -0.4 is 0 Å². The van der Waals surface area contributed by atoms with Gasteiger partial charge in [-0.05, 0) is 44.3 Å². The average molecular weight is 272 g/mol. The van der Waals surface area contributed by atoms with Crippen molar-refractivity contribution in [3.05, 3.63) is 33.8 Å². The lowest BCUT2D eigenvalue weighted by molar-refractivity contribution is 0.589. The smallest absolute Gasteiger partial charge is 0.195 e. The van der Waals surface area contributed by atoms with Crippen LogP contribution in [-0.2, 0) is 0 Å². The van der Waals surface area contributed by atoms with Crippen molar-refractivity contribution in [2.75, 3.05) is 0 Å². The normalized spacial score (nSPS) is 11.1. The summed E-state index contributed by atoms with van der Waals surface area (Å²) in [6, 6.07) is 4.59. The number of hydrogen-bond acceptors (Lipinski definition) is 2. The van der Waals surface area contributed by atoms with Gasteiger partial charge < -0.3 is 0 Å². The summed E-state index contributed by atoms with van der Waals surface area (Å²) in [5.41, 5.74) is 0.385. The molecule has 0 atom stereocenters. The summed E-state index contributed by atoms with van der Waals surface area (Å²) in [6.07, 6.45) is 0. The second-order valence-corrected chi connectivity index (χ2v) is 4.76. The number of halogens is 2. The third-order valence-corrected chi connectivity index (χ3v) is 2.92. The molecule has 90 valence electrons. The molecular formula is C11H11ClFN3S. The molecule has 0 unspecified atom stereocenters. The molecule has 1 aromatic carbocycles. The van der Waals surface area contributed by atoms with Gasteiger partial charge in [-0.3, -0.25) is 9.67 Å². The Bertz CT molecular complexity index is 603. The van der Waals surface area contributed by atoms with Gasteiger partial charge in [0.15, 0.2) is 10.6 Å². The van der Waals surface area contributed by atoms with E-state index >= 15 is 0 Å². The van der Waals surface area contributed by atoms with Gasteiger partial charge in [0.2, 0.25) is 0 Å². The fourth-order valence-corrected chi connectivity index (χ4v) is 2.15. The van der Waals surface area contributed by atoms with E-state index in [1.165, 1.54) is 6.07 Å². The van der Waals surface area contributed by atoms with E-state index in [9.17, 15) is 4.39 Å². The Morgan fingerprint density at radius 1 is 1.47 bits per heavy atom. The summed E-state index contributed by atoms with van der Waals surface area (Å²) in [5.74, 6) is 0.0765. The van der Waals surface area contributed by atoms with E-state index < -0.39 is 5.82 Å². The molecule has 0 aliphatic heterocycles. The average Bonchev–Trinajstić information content (AvgIpc) is 2.60. The van der Waals surface area contributed by atoms with Crippen LogP contribution in [-0.4, -0.2) is 14.8 Å². The summed E-state index contributed by atoms with van der Waals surface area (Å²) < 4.78 is 16.0. The maximum absolute atomic E-state index is 13.8. The maximum atomic E-state index is 13.8. The Hall–Kier alpha value is -1.20. The van der Waals surface area contributed by atoms with Crippen molar-refractivity contribution in [2.24, 2.45) is 0 Å². The zero-order valence-corrected chi connectivity index (χ0v) is 10.9. The quantitative estimate of drug-likeness (QED) is 0.838. The van der Waals surface area contributed by atoms with Gasteiger partial charge in [-0.15, -0.1) is 0 Å². The highest BCUT2D eigenvalue weighted by molar-refractivity contribution is 7.71. The first-order valence-electron chi connectivity index (χ1n) is 5.13. The van der Waals surface area contributed by atoms with Gasteiger partial charge in [-0.1, -0.05) is 11.6 Å². The van der Waals surface area contributed by atoms with Crippen LogP contribution in [0.1, 0.15) is 19.9 Å². The van der Waals surface area contributed by atoms with Crippen LogP contribution in [0.5, 0.6) is 0 Å². The van der Waals surface area contributed by atoms with Gasteiger partial charge >= 0.3 is 0 Å². The van der Waals surface area contributed by atoms with Gasteiger partial charge in [-0.25, -0.2) is 4.39 Å². The van der Waals surface area contributed by atoms with Crippen LogP contribution in [0.15, 0.2) is 18.2 Å². The highest BCUT2D eigenvalue weighted by Crippen LogP contribution is 2.25. The minimum absolute atomic E-state index is 0.103. The number of hydrogen-bond donors (Lipinski definition) is 1. The van der Waals surface area contributed by atoms with Crippen molar-refractivity contribution in [1.82, 2.24) is 14.8 Å². The number of aromatic amines is 1. The van der Waals surface area contributed by atoms with Crippen molar-refractivity contribution < 1.29 is 4.39 Å². The van der Waals surface area contributed by atoms with E-state index in [0.29, 0.717) is 21.2 Å². The molecular weight excluding hydrogens is 261 g/mol.